The van der Waals surface area contributed by atoms with Crippen molar-refractivity contribution in [3.05, 3.63) is 95.1 Å². The van der Waals surface area contributed by atoms with Crippen LogP contribution in [0.1, 0.15) is 5.56 Å². The third-order valence-electron chi connectivity index (χ3n) is 4.76. The number of nitrogens with zero attached hydrogens (tertiary/aromatic N) is 4. The number of benzene rings is 3. The Morgan fingerprint density at radius 2 is 1.63 bits per heavy atom. The maximum atomic E-state index is 4.74. The Morgan fingerprint density at radius 1 is 0.800 bits per heavy atom. The summed E-state index contributed by atoms with van der Waals surface area (Å²) in [5.74, 6) is 0.443. The van der Waals surface area contributed by atoms with Crippen LogP contribution in [-0.4, -0.2) is 21.2 Å². The van der Waals surface area contributed by atoms with Gasteiger partial charge in [0.15, 0.2) is 0 Å². The van der Waals surface area contributed by atoms with Crippen molar-refractivity contribution in [3.63, 3.8) is 0 Å². The number of fused-ring (bicyclic) bond motifs is 2. The number of aromatic nitrogens is 3. The predicted octanol–water partition coefficient (Wildman–Crippen LogP) is 6.05. The third-order valence-corrected chi connectivity index (χ3v) is 5.25. The van der Waals surface area contributed by atoms with Crippen molar-refractivity contribution < 1.29 is 0 Å². The molecule has 0 spiro atoms. The normalized spacial score (nSPS) is 11.4. The summed E-state index contributed by atoms with van der Waals surface area (Å²) in [6, 6.07) is 26.0. The number of halogens is 1. The van der Waals surface area contributed by atoms with Gasteiger partial charge >= 0.3 is 0 Å². The average molecular weight is 454 g/mol. The zero-order valence-corrected chi connectivity index (χ0v) is 17.4. The maximum absolute atomic E-state index is 4.74. The van der Waals surface area contributed by atoms with Gasteiger partial charge in [0, 0.05) is 32.6 Å². The Hall–Kier alpha value is -3.64. The second kappa shape index (κ2) is 8.00. The summed E-state index contributed by atoms with van der Waals surface area (Å²) in [6.07, 6.45) is 3.54. The summed E-state index contributed by atoms with van der Waals surface area (Å²) in [6.45, 7) is 0. The molecular formula is C24H16BrN5. The Kier molecular flexibility index (Phi) is 4.91. The van der Waals surface area contributed by atoms with E-state index in [-0.39, 0.29) is 0 Å². The highest BCUT2D eigenvalue weighted by atomic mass is 79.9. The molecule has 0 aliphatic carbocycles. The maximum Gasteiger partial charge on any atom is 0.244 e. The molecule has 0 bridgehead atoms. The number of anilines is 1. The predicted molar refractivity (Wildman–Crippen MR) is 126 cm³/mol. The first-order valence-electron chi connectivity index (χ1n) is 9.43. The first-order valence-corrected chi connectivity index (χ1v) is 10.2. The molecule has 30 heavy (non-hydrogen) atoms. The fourth-order valence-electron chi connectivity index (χ4n) is 3.36. The van der Waals surface area contributed by atoms with Crippen molar-refractivity contribution in [2.75, 3.05) is 5.43 Å². The van der Waals surface area contributed by atoms with Gasteiger partial charge in [-0.15, -0.1) is 0 Å². The highest BCUT2D eigenvalue weighted by molar-refractivity contribution is 9.10. The minimum atomic E-state index is 0.443. The second-order valence-corrected chi connectivity index (χ2v) is 7.63. The van der Waals surface area contributed by atoms with E-state index in [1.165, 1.54) is 0 Å². The Labute approximate surface area is 181 Å². The summed E-state index contributed by atoms with van der Waals surface area (Å²) >= 11 is 3.55. The Bertz CT molecular complexity index is 1380. The molecule has 0 aliphatic rings. The van der Waals surface area contributed by atoms with Gasteiger partial charge in [0.1, 0.15) is 0 Å². The van der Waals surface area contributed by atoms with Gasteiger partial charge in [0.2, 0.25) is 5.95 Å². The molecule has 2 aromatic heterocycles. The van der Waals surface area contributed by atoms with E-state index in [1.54, 1.807) is 12.4 Å². The van der Waals surface area contributed by atoms with E-state index in [0.29, 0.717) is 5.95 Å². The van der Waals surface area contributed by atoms with Gasteiger partial charge in [-0.05, 0) is 30.3 Å². The van der Waals surface area contributed by atoms with Gasteiger partial charge in [-0.2, -0.15) is 5.10 Å². The number of hydrogen-bond donors (Lipinski definition) is 1. The number of hydrogen-bond acceptors (Lipinski definition) is 5. The third kappa shape index (κ3) is 3.65. The summed E-state index contributed by atoms with van der Waals surface area (Å²) < 4.78 is 0.985. The SMILES string of the molecule is Brc1ccc2nc(NN=Cc3ccnc4ccccc34)nc(-c3ccccc3)c2c1. The molecule has 0 aliphatic heterocycles. The van der Waals surface area contributed by atoms with E-state index in [0.717, 1.165) is 43.1 Å². The monoisotopic (exact) mass is 453 g/mol. The molecule has 1 N–H and O–H groups in total. The van der Waals surface area contributed by atoms with Crippen LogP contribution in [0.2, 0.25) is 0 Å². The summed E-state index contributed by atoms with van der Waals surface area (Å²) in [5, 5.41) is 6.40. The lowest BCUT2D eigenvalue weighted by molar-refractivity contribution is 1.16. The number of rotatable bonds is 4. The van der Waals surface area contributed by atoms with Crippen molar-refractivity contribution in [1.29, 1.82) is 0 Å². The van der Waals surface area contributed by atoms with Crippen LogP contribution >= 0.6 is 15.9 Å². The average Bonchev–Trinajstić information content (AvgIpc) is 2.79. The number of hydrazone groups is 1. The fraction of sp³-hybridized carbons (Fsp3) is 0. The highest BCUT2D eigenvalue weighted by Gasteiger charge is 2.10. The van der Waals surface area contributed by atoms with Gasteiger partial charge in [0.05, 0.1) is 22.9 Å². The van der Waals surface area contributed by atoms with Crippen molar-refractivity contribution in [1.82, 2.24) is 15.0 Å². The van der Waals surface area contributed by atoms with E-state index in [2.05, 4.69) is 36.4 Å². The molecule has 5 nitrogen and oxygen atoms in total. The number of para-hydroxylation sites is 1. The lowest BCUT2D eigenvalue weighted by atomic mass is 10.1. The van der Waals surface area contributed by atoms with Crippen molar-refractivity contribution >= 4 is 49.9 Å². The molecule has 0 saturated carbocycles. The highest BCUT2D eigenvalue weighted by Crippen LogP contribution is 2.29. The van der Waals surface area contributed by atoms with E-state index in [4.69, 9.17) is 4.98 Å². The summed E-state index contributed by atoms with van der Waals surface area (Å²) in [7, 11) is 0. The van der Waals surface area contributed by atoms with E-state index in [9.17, 15) is 0 Å². The molecule has 5 aromatic rings. The molecule has 3 aromatic carbocycles. The quantitative estimate of drug-likeness (QED) is 0.265. The molecule has 144 valence electrons. The molecule has 0 saturated heterocycles. The second-order valence-electron chi connectivity index (χ2n) is 6.71. The molecule has 5 rings (SSSR count). The van der Waals surface area contributed by atoms with Crippen LogP contribution in [-0.2, 0) is 0 Å². The van der Waals surface area contributed by atoms with Crippen LogP contribution in [0.15, 0.2) is 94.6 Å². The van der Waals surface area contributed by atoms with Gasteiger partial charge in [-0.1, -0.05) is 64.5 Å². The molecular weight excluding hydrogens is 438 g/mol. The van der Waals surface area contributed by atoms with Crippen molar-refractivity contribution in [3.8, 4) is 11.3 Å². The van der Waals surface area contributed by atoms with Crippen LogP contribution in [0.25, 0.3) is 33.1 Å². The van der Waals surface area contributed by atoms with Crippen molar-refractivity contribution in [2.24, 2.45) is 5.10 Å². The molecule has 2 heterocycles. The first kappa shape index (κ1) is 18.4. The Balaban J connectivity index is 1.53. The fourth-order valence-corrected chi connectivity index (χ4v) is 3.72. The number of pyridine rings is 1. The zero-order valence-electron chi connectivity index (χ0n) is 15.8. The lowest BCUT2D eigenvalue weighted by Crippen LogP contribution is -2.00. The van der Waals surface area contributed by atoms with Crippen LogP contribution in [0.5, 0.6) is 0 Å². The molecule has 0 fully saturated rings. The topological polar surface area (TPSA) is 63.1 Å². The lowest BCUT2D eigenvalue weighted by Gasteiger charge is -2.09. The smallest absolute Gasteiger partial charge is 0.244 e. The minimum absolute atomic E-state index is 0.443. The number of nitrogens with one attached hydrogen (secondary N) is 1. The first-order chi connectivity index (χ1) is 14.8. The van der Waals surface area contributed by atoms with E-state index in [1.807, 2.05) is 78.9 Å². The van der Waals surface area contributed by atoms with Crippen LogP contribution < -0.4 is 5.43 Å². The minimum Gasteiger partial charge on any atom is -0.256 e. The summed E-state index contributed by atoms with van der Waals surface area (Å²) in [5.41, 5.74) is 7.62. The molecule has 0 atom stereocenters. The molecule has 0 radical (unpaired) electrons. The Morgan fingerprint density at radius 3 is 2.53 bits per heavy atom. The summed E-state index contributed by atoms with van der Waals surface area (Å²) in [4.78, 5) is 13.7. The van der Waals surface area contributed by atoms with E-state index < -0.39 is 0 Å². The van der Waals surface area contributed by atoms with Crippen LogP contribution in [0.4, 0.5) is 5.95 Å². The van der Waals surface area contributed by atoms with Gasteiger partial charge in [-0.3, -0.25) is 4.98 Å². The van der Waals surface area contributed by atoms with Crippen molar-refractivity contribution in [2.45, 2.75) is 0 Å². The zero-order chi connectivity index (χ0) is 20.3. The molecule has 0 amide bonds. The van der Waals surface area contributed by atoms with Gasteiger partial charge < -0.3 is 0 Å². The largest absolute Gasteiger partial charge is 0.256 e. The van der Waals surface area contributed by atoms with Crippen LogP contribution in [0, 0.1) is 0 Å². The molecule has 0 unspecified atom stereocenters. The van der Waals surface area contributed by atoms with Gasteiger partial charge in [0.25, 0.3) is 0 Å². The van der Waals surface area contributed by atoms with E-state index >= 15 is 0 Å². The van der Waals surface area contributed by atoms with Crippen LogP contribution in [0.3, 0.4) is 0 Å². The standard InChI is InChI=1S/C24H16BrN5/c25-18-10-11-22-20(14-18)23(16-6-2-1-3-7-16)29-24(28-22)30-27-15-17-12-13-26-21-9-5-4-8-19(17)21/h1-15H,(H,28,29,30). The van der Waals surface area contributed by atoms with Gasteiger partial charge in [-0.25, -0.2) is 15.4 Å². The molecule has 6 heteroatoms.